The molecule has 368 valence electrons. The first-order chi connectivity index (χ1) is 33.9. The minimum absolute atomic E-state index is 0.0569. The predicted octanol–water partition coefficient (Wildman–Crippen LogP) is 21.0. The van der Waals surface area contributed by atoms with Gasteiger partial charge in [0.05, 0.1) is 10.4 Å². The normalized spacial score (nSPS) is 19.0. The van der Waals surface area contributed by atoms with E-state index in [2.05, 4.69) is 228 Å². The van der Waals surface area contributed by atoms with E-state index < -0.39 is 0 Å². The summed E-state index contributed by atoms with van der Waals surface area (Å²) in [6, 6.07) is 48.3. The van der Waals surface area contributed by atoms with E-state index in [0.29, 0.717) is 0 Å². The third-order valence-electron chi connectivity index (χ3n) is 18.4. The molecule has 2 heterocycles. The summed E-state index contributed by atoms with van der Waals surface area (Å²) in [5.41, 5.74) is 19.4. The molecule has 0 atom stereocenters. The molecule has 2 nitrogen and oxygen atoms in total. The number of anilines is 6. The van der Waals surface area contributed by atoms with Crippen LogP contribution in [0, 0.1) is 13.8 Å². The Morgan fingerprint density at radius 3 is 1.47 bits per heavy atom. The van der Waals surface area contributed by atoms with Crippen molar-refractivity contribution >= 4 is 97.1 Å². The zero-order chi connectivity index (χ0) is 50.7. The summed E-state index contributed by atoms with van der Waals surface area (Å²) >= 11 is 3.89. The van der Waals surface area contributed by atoms with Crippen molar-refractivity contribution in [3.63, 3.8) is 0 Å². The fraction of sp³-hybridized carbons (Fsp3) is 0.382. The molecule has 3 aliphatic rings. The van der Waals surface area contributed by atoms with Crippen molar-refractivity contribution in [1.82, 2.24) is 0 Å². The fourth-order valence-corrected chi connectivity index (χ4v) is 15.8. The molecule has 9 aromatic rings. The highest BCUT2D eigenvalue weighted by Gasteiger charge is 2.41. The van der Waals surface area contributed by atoms with Gasteiger partial charge in [-0.1, -0.05) is 132 Å². The van der Waals surface area contributed by atoms with E-state index in [1.54, 1.807) is 0 Å². The zero-order valence-corrected chi connectivity index (χ0v) is 47.1. The van der Waals surface area contributed by atoms with Gasteiger partial charge >= 0.3 is 0 Å². The van der Waals surface area contributed by atoms with Crippen LogP contribution in [0.3, 0.4) is 0 Å². The standard InChI is InChI=1S/C68H74N2S2/c1-41-32-45(69(43-23-25-51-53(36-43)65(7,8)27-26-63(51,3)4)57-20-17-19-49-47-18-15-16-21-59(47)72-62(49)57)35-46(33-41)70(58-39-55-52(34-42(58)2)64(5,6)28-30-67(55,11)12)44-22-24-48-50-38-54-56(40-61(50)71-60(48)37-44)68(13,14)31-29-66(54,9)10/h15-25,32-40H,26-31H2,1-14H3. The molecule has 12 rings (SSSR count). The van der Waals surface area contributed by atoms with Gasteiger partial charge in [-0.05, 0) is 202 Å². The average molecular weight is 983 g/mol. The van der Waals surface area contributed by atoms with Crippen molar-refractivity contribution in [1.29, 1.82) is 0 Å². The summed E-state index contributed by atoms with van der Waals surface area (Å²) in [6.45, 7) is 34.1. The molecule has 0 aliphatic heterocycles. The van der Waals surface area contributed by atoms with Crippen LogP contribution in [-0.2, 0) is 32.5 Å². The Balaban J connectivity index is 1.11. The van der Waals surface area contributed by atoms with Gasteiger partial charge in [-0.3, -0.25) is 0 Å². The van der Waals surface area contributed by atoms with Crippen molar-refractivity contribution in [3.05, 3.63) is 166 Å². The fourth-order valence-electron chi connectivity index (χ4n) is 13.4. The molecule has 4 heteroatoms. The quantitative estimate of drug-likeness (QED) is 0.164. The Bertz CT molecular complexity index is 3700. The number of hydrogen-bond acceptors (Lipinski definition) is 4. The Morgan fingerprint density at radius 1 is 0.333 bits per heavy atom. The second-order valence-corrected chi connectivity index (χ2v) is 28.5. The van der Waals surface area contributed by atoms with Gasteiger partial charge in [0, 0.05) is 64.1 Å². The summed E-state index contributed by atoms with van der Waals surface area (Å²) in [5, 5.41) is 5.39. The van der Waals surface area contributed by atoms with E-state index >= 15 is 0 Å². The summed E-state index contributed by atoms with van der Waals surface area (Å²) in [5.74, 6) is 0. The average Bonchev–Trinajstić information content (AvgIpc) is 3.89. The van der Waals surface area contributed by atoms with Crippen LogP contribution in [0.15, 0.2) is 121 Å². The van der Waals surface area contributed by atoms with Crippen molar-refractivity contribution in [2.75, 3.05) is 9.80 Å². The van der Waals surface area contributed by atoms with Crippen molar-refractivity contribution in [3.8, 4) is 0 Å². The first-order valence-electron chi connectivity index (χ1n) is 26.9. The minimum atomic E-state index is 0.0569. The highest BCUT2D eigenvalue weighted by Crippen LogP contribution is 2.55. The number of thiophene rings is 2. The molecule has 0 radical (unpaired) electrons. The maximum Gasteiger partial charge on any atom is 0.0640 e. The SMILES string of the molecule is Cc1cc(N(c2ccc3c(c2)sc2cc4c(cc23)C(C)(C)CCC4(C)C)c2cc3c(cc2C)C(C)(C)CCC3(C)C)cc(N(c2ccc3c(c2)C(C)(C)CCC3(C)C)c2cccc3c2sc2ccccc23)c1. The number of fused-ring (bicyclic) bond motifs is 9. The van der Waals surface area contributed by atoms with Crippen LogP contribution in [0.4, 0.5) is 34.1 Å². The molecule has 0 unspecified atom stereocenters. The smallest absolute Gasteiger partial charge is 0.0640 e. The summed E-state index contributed by atoms with van der Waals surface area (Å²) in [7, 11) is 0. The molecule has 2 aromatic heterocycles. The molecule has 0 fully saturated rings. The monoisotopic (exact) mass is 983 g/mol. The van der Waals surface area contributed by atoms with Crippen LogP contribution in [0.1, 0.15) is 166 Å². The van der Waals surface area contributed by atoms with E-state index in [1.165, 1.54) is 158 Å². The van der Waals surface area contributed by atoms with Gasteiger partial charge in [0.1, 0.15) is 0 Å². The molecule has 0 saturated carbocycles. The third kappa shape index (κ3) is 7.50. The lowest BCUT2D eigenvalue weighted by Crippen LogP contribution is -2.34. The highest BCUT2D eigenvalue weighted by molar-refractivity contribution is 7.26. The molecule has 0 saturated heterocycles. The van der Waals surface area contributed by atoms with Crippen LogP contribution >= 0.6 is 22.7 Å². The zero-order valence-electron chi connectivity index (χ0n) is 45.5. The Kier molecular flexibility index (Phi) is 10.6. The number of hydrogen-bond donors (Lipinski definition) is 0. The van der Waals surface area contributed by atoms with Gasteiger partial charge in [-0.25, -0.2) is 0 Å². The minimum Gasteiger partial charge on any atom is -0.310 e. The van der Waals surface area contributed by atoms with E-state index in [0.717, 1.165) is 0 Å². The molecule has 72 heavy (non-hydrogen) atoms. The number of benzene rings is 7. The van der Waals surface area contributed by atoms with Gasteiger partial charge in [-0.2, -0.15) is 0 Å². The van der Waals surface area contributed by atoms with E-state index in [-0.39, 0.29) is 32.5 Å². The molecule has 0 N–H and O–H groups in total. The Hall–Kier alpha value is -5.42. The number of aryl methyl sites for hydroxylation is 2. The van der Waals surface area contributed by atoms with E-state index in [9.17, 15) is 0 Å². The largest absolute Gasteiger partial charge is 0.310 e. The predicted molar refractivity (Wildman–Crippen MR) is 317 cm³/mol. The van der Waals surface area contributed by atoms with Gasteiger partial charge < -0.3 is 9.80 Å². The summed E-state index contributed by atoms with van der Waals surface area (Å²) in [6.07, 6.45) is 7.15. The molecular weight excluding hydrogens is 909 g/mol. The second-order valence-electron chi connectivity index (χ2n) is 26.3. The van der Waals surface area contributed by atoms with Gasteiger partial charge in [0.15, 0.2) is 0 Å². The van der Waals surface area contributed by atoms with Crippen LogP contribution in [0.25, 0.3) is 40.3 Å². The number of nitrogens with zero attached hydrogens (tertiary/aromatic N) is 2. The first kappa shape index (κ1) is 47.6. The van der Waals surface area contributed by atoms with Crippen LogP contribution in [0.5, 0.6) is 0 Å². The second kappa shape index (κ2) is 16.0. The molecule has 3 aliphatic carbocycles. The maximum atomic E-state index is 2.61. The Labute approximate surface area is 438 Å². The molecule has 7 aromatic carbocycles. The van der Waals surface area contributed by atoms with Crippen LogP contribution < -0.4 is 9.80 Å². The van der Waals surface area contributed by atoms with Crippen molar-refractivity contribution in [2.45, 2.75) is 168 Å². The maximum absolute atomic E-state index is 2.61. The van der Waals surface area contributed by atoms with Gasteiger partial charge in [0.25, 0.3) is 0 Å². The van der Waals surface area contributed by atoms with Crippen molar-refractivity contribution < 1.29 is 0 Å². The topological polar surface area (TPSA) is 6.48 Å². The molecule has 0 amide bonds. The molecule has 0 bridgehead atoms. The van der Waals surface area contributed by atoms with E-state index in [1.807, 2.05) is 22.7 Å². The lowest BCUT2D eigenvalue weighted by atomic mass is 9.63. The lowest BCUT2D eigenvalue weighted by molar-refractivity contribution is 0.332. The van der Waals surface area contributed by atoms with Crippen molar-refractivity contribution in [2.24, 2.45) is 0 Å². The van der Waals surface area contributed by atoms with Gasteiger partial charge in [0.2, 0.25) is 0 Å². The third-order valence-corrected chi connectivity index (χ3v) is 20.7. The first-order valence-corrected chi connectivity index (χ1v) is 28.5. The lowest BCUT2D eigenvalue weighted by Gasteiger charge is -2.43. The Morgan fingerprint density at radius 2 is 0.819 bits per heavy atom. The number of rotatable bonds is 6. The van der Waals surface area contributed by atoms with Crippen LogP contribution in [-0.4, -0.2) is 0 Å². The van der Waals surface area contributed by atoms with Crippen LogP contribution in [0.2, 0.25) is 0 Å². The summed E-state index contributed by atoms with van der Waals surface area (Å²) in [4.78, 5) is 5.21. The van der Waals surface area contributed by atoms with Gasteiger partial charge in [-0.15, -0.1) is 22.7 Å². The molecular formula is C68H74N2S2. The van der Waals surface area contributed by atoms with E-state index in [4.69, 9.17) is 0 Å². The summed E-state index contributed by atoms with van der Waals surface area (Å²) < 4.78 is 5.37. The molecule has 0 spiro atoms. The highest BCUT2D eigenvalue weighted by atomic mass is 32.1.